The van der Waals surface area contributed by atoms with Crippen molar-refractivity contribution in [2.45, 2.75) is 26.2 Å². The fraction of sp³-hybridized carbons (Fsp3) is 0.409. The molecule has 2 aliphatic carbocycles. The SMILES string of the molecule is CC1(C(=O)OCCCOc2cccc3ccccc23)CC2C=CC1C2. The van der Waals surface area contributed by atoms with Gasteiger partial charge in [-0.3, -0.25) is 4.79 Å². The van der Waals surface area contributed by atoms with Crippen molar-refractivity contribution in [3.8, 4) is 5.75 Å². The normalized spacial score (nSPS) is 26.9. The molecule has 2 aromatic carbocycles. The lowest BCUT2D eigenvalue weighted by Gasteiger charge is -2.28. The van der Waals surface area contributed by atoms with Gasteiger partial charge in [0.2, 0.25) is 0 Å². The molecule has 4 rings (SSSR count). The molecule has 1 saturated carbocycles. The number of allylic oxidation sites excluding steroid dienone is 2. The molecule has 0 radical (unpaired) electrons. The van der Waals surface area contributed by atoms with Crippen LogP contribution < -0.4 is 4.74 Å². The molecule has 3 nitrogen and oxygen atoms in total. The first kappa shape index (κ1) is 16.2. The molecule has 0 amide bonds. The predicted molar refractivity (Wildman–Crippen MR) is 98.5 cm³/mol. The maximum Gasteiger partial charge on any atom is 0.312 e. The lowest BCUT2D eigenvalue weighted by Crippen LogP contribution is -2.34. The Labute approximate surface area is 148 Å². The summed E-state index contributed by atoms with van der Waals surface area (Å²) in [6.07, 6.45) is 7.18. The molecule has 0 aromatic heterocycles. The zero-order valence-corrected chi connectivity index (χ0v) is 14.6. The highest BCUT2D eigenvalue weighted by Gasteiger charge is 2.50. The van der Waals surface area contributed by atoms with Gasteiger partial charge in [-0.25, -0.2) is 0 Å². The Kier molecular flexibility index (Phi) is 4.24. The molecule has 0 N–H and O–H groups in total. The third kappa shape index (κ3) is 3.04. The summed E-state index contributed by atoms with van der Waals surface area (Å²) in [7, 11) is 0. The van der Waals surface area contributed by atoms with Crippen LogP contribution in [0.25, 0.3) is 10.8 Å². The van der Waals surface area contributed by atoms with Gasteiger partial charge in [0.1, 0.15) is 5.75 Å². The molecular formula is C22H24O3. The third-order valence-electron chi connectivity index (χ3n) is 5.67. The molecule has 0 heterocycles. The number of rotatable bonds is 6. The van der Waals surface area contributed by atoms with E-state index in [-0.39, 0.29) is 11.4 Å². The van der Waals surface area contributed by atoms with Crippen molar-refractivity contribution in [1.29, 1.82) is 0 Å². The Balaban J connectivity index is 1.26. The molecule has 25 heavy (non-hydrogen) atoms. The molecule has 3 unspecified atom stereocenters. The number of carbonyl (C=O) groups excluding carboxylic acids is 1. The van der Waals surface area contributed by atoms with E-state index in [0.29, 0.717) is 31.5 Å². The summed E-state index contributed by atoms with van der Waals surface area (Å²) in [4.78, 5) is 12.5. The van der Waals surface area contributed by atoms with Gasteiger partial charge in [-0.15, -0.1) is 0 Å². The molecule has 2 bridgehead atoms. The van der Waals surface area contributed by atoms with Gasteiger partial charge < -0.3 is 9.47 Å². The van der Waals surface area contributed by atoms with E-state index in [0.717, 1.165) is 24.0 Å². The van der Waals surface area contributed by atoms with E-state index >= 15 is 0 Å². The van der Waals surface area contributed by atoms with Gasteiger partial charge in [0, 0.05) is 11.8 Å². The quantitative estimate of drug-likeness (QED) is 0.434. The second-order valence-corrected chi connectivity index (χ2v) is 7.42. The minimum absolute atomic E-state index is 0.0467. The predicted octanol–water partition coefficient (Wildman–Crippen LogP) is 4.75. The summed E-state index contributed by atoms with van der Waals surface area (Å²) >= 11 is 0. The summed E-state index contributed by atoms with van der Waals surface area (Å²) in [5, 5.41) is 2.28. The van der Waals surface area contributed by atoms with Crippen LogP contribution in [0.5, 0.6) is 5.75 Å². The number of hydrogen-bond donors (Lipinski definition) is 0. The van der Waals surface area contributed by atoms with Gasteiger partial charge in [0.15, 0.2) is 0 Å². The van der Waals surface area contributed by atoms with Crippen LogP contribution >= 0.6 is 0 Å². The van der Waals surface area contributed by atoms with Crippen LogP contribution in [0.1, 0.15) is 26.2 Å². The number of esters is 1. The number of ether oxygens (including phenoxy) is 2. The van der Waals surface area contributed by atoms with Crippen LogP contribution in [0.2, 0.25) is 0 Å². The topological polar surface area (TPSA) is 35.5 Å². The van der Waals surface area contributed by atoms with Gasteiger partial charge in [-0.2, -0.15) is 0 Å². The van der Waals surface area contributed by atoms with E-state index in [9.17, 15) is 4.79 Å². The first-order valence-electron chi connectivity index (χ1n) is 9.13. The minimum Gasteiger partial charge on any atom is -0.493 e. The van der Waals surface area contributed by atoms with Crippen LogP contribution in [0.4, 0.5) is 0 Å². The van der Waals surface area contributed by atoms with Crippen molar-refractivity contribution in [2.24, 2.45) is 17.3 Å². The lowest BCUT2D eigenvalue weighted by molar-refractivity contribution is -0.156. The molecule has 3 atom stereocenters. The van der Waals surface area contributed by atoms with Crippen LogP contribution in [-0.2, 0) is 9.53 Å². The Hall–Kier alpha value is -2.29. The molecule has 0 saturated heterocycles. The molecule has 2 aliphatic rings. The second-order valence-electron chi connectivity index (χ2n) is 7.42. The maximum absolute atomic E-state index is 12.5. The number of fused-ring (bicyclic) bond motifs is 3. The fourth-order valence-corrected chi connectivity index (χ4v) is 4.22. The van der Waals surface area contributed by atoms with Gasteiger partial charge >= 0.3 is 5.97 Å². The van der Waals surface area contributed by atoms with Gasteiger partial charge in [0.25, 0.3) is 0 Å². The monoisotopic (exact) mass is 336 g/mol. The Morgan fingerprint density at radius 3 is 2.76 bits per heavy atom. The van der Waals surface area contributed by atoms with Crippen molar-refractivity contribution < 1.29 is 14.3 Å². The van der Waals surface area contributed by atoms with Crippen molar-refractivity contribution >= 4 is 16.7 Å². The Morgan fingerprint density at radius 1 is 1.12 bits per heavy atom. The standard InChI is InChI=1S/C22H24O3/c1-22(15-16-10-11-18(22)14-16)21(23)25-13-5-12-24-20-9-4-7-17-6-2-3-8-19(17)20/h2-4,6-11,16,18H,5,12-15H2,1H3. The van der Waals surface area contributed by atoms with E-state index < -0.39 is 0 Å². The number of carbonyl (C=O) groups is 1. The van der Waals surface area contributed by atoms with Crippen LogP contribution in [-0.4, -0.2) is 19.2 Å². The molecule has 0 aliphatic heterocycles. The average Bonchev–Trinajstić information content (AvgIpc) is 3.22. The summed E-state index contributed by atoms with van der Waals surface area (Å²) in [5.74, 6) is 1.76. The van der Waals surface area contributed by atoms with Crippen LogP contribution in [0, 0.1) is 17.3 Å². The Bertz CT molecular complexity index is 805. The van der Waals surface area contributed by atoms with E-state index in [1.54, 1.807) is 0 Å². The number of hydrogen-bond acceptors (Lipinski definition) is 3. The number of benzene rings is 2. The lowest BCUT2D eigenvalue weighted by atomic mass is 9.78. The highest BCUT2D eigenvalue weighted by molar-refractivity contribution is 5.88. The minimum atomic E-state index is -0.324. The van der Waals surface area contributed by atoms with E-state index in [4.69, 9.17) is 9.47 Å². The summed E-state index contributed by atoms with van der Waals surface area (Å²) in [6.45, 7) is 3.01. The van der Waals surface area contributed by atoms with Crippen molar-refractivity contribution in [3.05, 3.63) is 54.6 Å². The molecule has 2 aromatic rings. The fourth-order valence-electron chi connectivity index (χ4n) is 4.22. The molecule has 1 fully saturated rings. The van der Waals surface area contributed by atoms with E-state index in [1.807, 2.05) is 24.3 Å². The van der Waals surface area contributed by atoms with Gasteiger partial charge in [-0.05, 0) is 43.1 Å². The molecule has 130 valence electrons. The van der Waals surface area contributed by atoms with Crippen LogP contribution in [0.15, 0.2) is 54.6 Å². The second kappa shape index (κ2) is 6.55. The maximum atomic E-state index is 12.5. The first-order valence-corrected chi connectivity index (χ1v) is 9.13. The van der Waals surface area contributed by atoms with Gasteiger partial charge in [-0.1, -0.05) is 48.6 Å². The van der Waals surface area contributed by atoms with Crippen LogP contribution in [0.3, 0.4) is 0 Å². The largest absolute Gasteiger partial charge is 0.493 e. The summed E-state index contributed by atoms with van der Waals surface area (Å²) in [5.41, 5.74) is -0.324. The van der Waals surface area contributed by atoms with Crippen molar-refractivity contribution in [2.75, 3.05) is 13.2 Å². The summed E-state index contributed by atoms with van der Waals surface area (Å²) in [6, 6.07) is 14.2. The Morgan fingerprint density at radius 2 is 1.96 bits per heavy atom. The molecule has 3 heteroatoms. The highest BCUT2D eigenvalue weighted by atomic mass is 16.5. The van der Waals surface area contributed by atoms with Crippen molar-refractivity contribution in [3.63, 3.8) is 0 Å². The summed E-state index contributed by atoms with van der Waals surface area (Å²) < 4.78 is 11.5. The van der Waals surface area contributed by atoms with E-state index in [2.05, 4.69) is 37.3 Å². The highest BCUT2D eigenvalue weighted by Crippen LogP contribution is 2.52. The average molecular weight is 336 g/mol. The smallest absolute Gasteiger partial charge is 0.312 e. The van der Waals surface area contributed by atoms with Gasteiger partial charge in [0.05, 0.1) is 18.6 Å². The zero-order valence-electron chi connectivity index (χ0n) is 14.6. The van der Waals surface area contributed by atoms with E-state index in [1.165, 1.54) is 5.39 Å². The molecule has 0 spiro atoms. The van der Waals surface area contributed by atoms with Crippen molar-refractivity contribution in [1.82, 2.24) is 0 Å². The molecular weight excluding hydrogens is 312 g/mol. The first-order chi connectivity index (χ1) is 12.2. The third-order valence-corrected chi connectivity index (χ3v) is 5.67. The zero-order chi connectivity index (χ0) is 17.3.